The summed E-state index contributed by atoms with van der Waals surface area (Å²) in [5, 5.41) is 7.80. The molecule has 6 nitrogen and oxygen atoms in total. The maximum atomic E-state index is 4.47. The number of rotatable bonds is 5. The predicted octanol–water partition coefficient (Wildman–Crippen LogP) is 1.92. The van der Waals surface area contributed by atoms with Crippen molar-refractivity contribution in [2.45, 2.75) is 13.5 Å². The number of aliphatic imine (C=N–C) groups is 1. The van der Waals surface area contributed by atoms with E-state index in [0.29, 0.717) is 5.92 Å². The summed E-state index contributed by atoms with van der Waals surface area (Å²) in [6.07, 6.45) is 3.83. The maximum absolute atomic E-state index is 4.47. The molecule has 1 N–H and O–H groups in total. The highest BCUT2D eigenvalue weighted by atomic mass is 15.3. The van der Waals surface area contributed by atoms with Gasteiger partial charge in [-0.15, -0.1) is 0 Å². The molecule has 1 saturated heterocycles. The zero-order valence-corrected chi connectivity index (χ0v) is 15.2. The standard InChI is InChI=1S/C19H28N6/c1-17(16-25-10-6-9-22-25)15-21-19(20-2)24-13-11-23(12-14-24)18-7-4-3-5-8-18/h3-10,17H,11-16H2,1-2H3,(H,20,21). The van der Waals surface area contributed by atoms with Crippen LogP contribution in [0.3, 0.4) is 0 Å². The first-order valence-electron chi connectivity index (χ1n) is 8.99. The van der Waals surface area contributed by atoms with Crippen molar-refractivity contribution in [2.75, 3.05) is 44.7 Å². The van der Waals surface area contributed by atoms with E-state index in [2.05, 4.69) is 62.5 Å². The molecule has 1 fully saturated rings. The van der Waals surface area contributed by atoms with Gasteiger partial charge < -0.3 is 15.1 Å². The molecule has 2 aromatic rings. The Labute approximate surface area is 150 Å². The van der Waals surface area contributed by atoms with E-state index < -0.39 is 0 Å². The molecular formula is C19H28N6. The minimum atomic E-state index is 0.488. The number of piperazine rings is 1. The number of benzene rings is 1. The van der Waals surface area contributed by atoms with Crippen LogP contribution in [0.25, 0.3) is 0 Å². The Morgan fingerprint density at radius 1 is 1.16 bits per heavy atom. The molecule has 1 aromatic carbocycles. The van der Waals surface area contributed by atoms with Crippen molar-refractivity contribution >= 4 is 11.6 Å². The topological polar surface area (TPSA) is 48.7 Å². The fourth-order valence-corrected chi connectivity index (χ4v) is 3.21. The Hall–Kier alpha value is -2.50. The van der Waals surface area contributed by atoms with Gasteiger partial charge >= 0.3 is 0 Å². The molecule has 1 atom stereocenters. The van der Waals surface area contributed by atoms with Gasteiger partial charge in [0, 0.05) is 64.4 Å². The largest absolute Gasteiger partial charge is 0.368 e. The Kier molecular flexibility index (Phi) is 5.93. The highest BCUT2D eigenvalue weighted by molar-refractivity contribution is 5.80. The molecule has 134 valence electrons. The smallest absolute Gasteiger partial charge is 0.193 e. The quantitative estimate of drug-likeness (QED) is 0.667. The van der Waals surface area contributed by atoms with E-state index in [1.807, 2.05) is 30.2 Å². The van der Waals surface area contributed by atoms with Crippen molar-refractivity contribution in [3.8, 4) is 0 Å². The molecule has 1 unspecified atom stereocenters. The average molecular weight is 340 g/mol. The summed E-state index contributed by atoms with van der Waals surface area (Å²) < 4.78 is 1.98. The van der Waals surface area contributed by atoms with E-state index in [1.165, 1.54) is 5.69 Å². The number of nitrogens with zero attached hydrogens (tertiary/aromatic N) is 5. The van der Waals surface area contributed by atoms with Crippen molar-refractivity contribution < 1.29 is 0 Å². The molecule has 25 heavy (non-hydrogen) atoms. The molecule has 0 bridgehead atoms. The SMILES string of the molecule is CN=C(NCC(C)Cn1cccn1)N1CCN(c2ccccc2)CC1. The highest BCUT2D eigenvalue weighted by Crippen LogP contribution is 2.15. The lowest BCUT2D eigenvalue weighted by Gasteiger charge is -2.37. The van der Waals surface area contributed by atoms with Crippen LogP contribution in [0, 0.1) is 5.92 Å². The van der Waals surface area contributed by atoms with E-state index in [1.54, 1.807) is 0 Å². The molecule has 1 aliphatic rings. The van der Waals surface area contributed by atoms with Crippen LogP contribution in [-0.2, 0) is 6.54 Å². The van der Waals surface area contributed by atoms with Crippen LogP contribution in [0.15, 0.2) is 53.8 Å². The summed E-state index contributed by atoms with van der Waals surface area (Å²) in [6.45, 7) is 8.06. The molecule has 1 aliphatic heterocycles. The third-order valence-electron chi connectivity index (χ3n) is 4.58. The van der Waals surface area contributed by atoms with E-state index >= 15 is 0 Å². The number of hydrogen-bond acceptors (Lipinski definition) is 3. The first kappa shape index (κ1) is 17.3. The monoisotopic (exact) mass is 340 g/mol. The minimum absolute atomic E-state index is 0.488. The lowest BCUT2D eigenvalue weighted by atomic mass is 10.2. The van der Waals surface area contributed by atoms with Crippen LogP contribution in [0.2, 0.25) is 0 Å². The van der Waals surface area contributed by atoms with Gasteiger partial charge in [0.05, 0.1) is 0 Å². The van der Waals surface area contributed by atoms with Crippen molar-refractivity contribution in [2.24, 2.45) is 10.9 Å². The average Bonchev–Trinajstić information content (AvgIpc) is 3.16. The summed E-state index contributed by atoms with van der Waals surface area (Å²) in [4.78, 5) is 9.25. The molecular weight excluding hydrogens is 312 g/mol. The number of hydrogen-bond donors (Lipinski definition) is 1. The van der Waals surface area contributed by atoms with Crippen molar-refractivity contribution in [3.05, 3.63) is 48.8 Å². The summed E-state index contributed by atoms with van der Waals surface area (Å²) >= 11 is 0. The van der Waals surface area contributed by atoms with Gasteiger partial charge in [0.25, 0.3) is 0 Å². The summed E-state index contributed by atoms with van der Waals surface area (Å²) in [6, 6.07) is 12.6. The van der Waals surface area contributed by atoms with Crippen LogP contribution in [0.1, 0.15) is 6.92 Å². The Morgan fingerprint density at radius 2 is 1.92 bits per heavy atom. The van der Waals surface area contributed by atoms with Gasteiger partial charge in [-0.05, 0) is 24.1 Å². The van der Waals surface area contributed by atoms with Gasteiger partial charge in [0.15, 0.2) is 5.96 Å². The van der Waals surface area contributed by atoms with Gasteiger partial charge in [0.1, 0.15) is 0 Å². The van der Waals surface area contributed by atoms with Crippen LogP contribution in [0.4, 0.5) is 5.69 Å². The molecule has 1 aromatic heterocycles. The number of anilines is 1. The Balaban J connectivity index is 1.46. The molecule has 3 rings (SSSR count). The molecule has 0 radical (unpaired) electrons. The second-order valence-corrected chi connectivity index (χ2v) is 6.57. The summed E-state index contributed by atoms with van der Waals surface area (Å²) in [5.74, 6) is 1.49. The van der Waals surface area contributed by atoms with Crippen molar-refractivity contribution in [1.29, 1.82) is 0 Å². The summed E-state index contributed by atoms with van der Waals surface area (Å²) in [5.41, 5.74) is 1.30. The zero-order chi connectivity index (χ0) is 17.5. The molecule has 0 saturated carbocycles. The third kappa shape index (κ3) is 4.75. The second-order valence-electron chi connectivity index (χ2n) is 6.57. The maximum Gasteiger partial charge on any atom is 0.193 e. The number of aromatic nitrogens is 2. The van der Waals surface area contributed by atoms with E-state index in [-0.39, 0.29) is 0 Å². The number of guanidine groups is 1. The fraction of sp³-hybridized carbons (Fsp3) is 0.474. The van der Waals surface area contributed by atoms with E-state index in [0.717, 1.165) is 45.2 Å². The van der Waals surface area contributed by atoms with Crippen LogP contribution in [-0.4, -0.2) is 60.4 Å². The molecule has 0 amide bonds. The minimum Gasteiger partial charge on any atom is -0.368 e. The number of nitrogens with one attached hydrogen (secondary N) is 1. The van der Waals surface area contributed by atoms with Gasteiger partial charge in [-0.1, -0.05) is 25.1 Å². The van der Waals surface area contributed by atoms with Crippen molar-refractivity contribution in [1.82, 2.24) is 20.0 Å². The van der Waals surface area contributed by atoms with Gasteiger partial charge in [-0.3, -0.25) is 9.67 Å². The highest BCUT2D eigenvalue weighted by Gasteiger charge is 2.20. The molecule has 0 aliphatic carbocycles. The fourth-order valence-electron chi connectivity index (χ4n) is 3.21. The second kappa shape index (κ2) is 8.55. The van der Waals surface area contributed by atoms with Gasteiger partial charge in [-0.2, -0.15) is 5.10 Å². The van der Waals surface area contributed by atoms with Crippen LogP contribution in [0.5, 0.6) is 0 Å². The lowest BCUT2D eigenvalue weighted by molar-refractivity contribution is 0.364. The Bertz CT molecular complexity index is 644. The normalized spacial score (nSPS) is 16.8. The molecule has 0 spiro atoms. The van der Waals surface area contributed by atoms with E-state index in [9.17, 15) is 0 Å². The van der Waals surface area contributed by atoms with Crippen LogP contribution >= 0.6 is 0 Å². The Morgan fingerprint density at radius 3 is 2.56 bits per heavy atom. The van der Waals surface area contributed by atoms with E-state index in [4.69, 9.17) is 0 Å². The van der Waals surface area contributed by atoms with Crippen molar-refractivity contribution in [3.63, 3.8) is 0 Å². The predicted molar refractivity (Wildman–Crippen MR) is 103 cm³/mol. The zero-order valence-electron chi connectivity index (χ0n) is 15.2. The lowest BCUT2D eigenvalue weighted by Crippen LogP contribution is -2.53. The number of para-hydroxylation sites is 1. The molecule has 2 heterocycles. The van der Waals surface area contributed by atoms with Gasteiger partial charge in [-0.25, -0.2) is 0 Å². The summed E-state index contributed by atoms with van der Waals surface area (Å²) in [7, 11) is 1.87. The molecule has 6 heteroatoms. The first-order valence-corrected chi connectivity index (χ1v) is 8.99. The van der Waals surface area contributed by atoms with Crippen LogP contribution < -0.4 is 10.2 Å². The van der Waals surface area contributed by atoms with Gasteiger partial charge in [0.2, 0.25) is 0 Å². The third-order valence-corrected chi connectivity index (χ3v) is 4.58. The first-order chi connectivity index (χ1) is 12.3.